The van der Waals surface area contributed by atoms with Gasteiger partial charge in [-0.3, -0.25) is 0 Å². The Bertz CT molecular complexity index is 627. The molecular formula is C11H10N4. The second-order valence-electron chi connectivity index (χ2n) is 3.41. The van der Waals surface area contributed by atoms with E-state index in [1.165, 1.54) is 5.39 Å². The molecule has 0 amide bonds. The second kappa shape index (κ2) is 2.95. The summed E-state index contributed by atoms with van der Waals surface area (Å²) in [6, 6.07) is 6.17. The van der Waals surface area contributed by atoms with Gasteiger partial charge in [-0.1, -0.05) is 0 Å². The normalized spacial score (nSPS) is 11.0. The van der Waals surface area contributed by atoms with Crippen LogP contribution in [-0.2, 0) is 0 Å². The summed E-state index contributed by atoms with van der Waals surface area (Å²) in [7, 11) is 1.86. The summed E-state index contributed by atoms with van der Waals surface area (Å²) in [5.41, 5.74) is 2.05. The molecule has 0 fully saturated rings. The number of hydrogen-bond acceptors (Lipinski definition) is 3. The Kier molecular flexibility index (Phi) is 1.62. The lowest BCUT2D eigenvalue weighted by atomic mass is 10.2. The first-order valence-corrected chi connectivity index (χ1v) is 4.78. The van der Waals surface area contributed by atoms with Gasteiger partial charge < -0.3 is 10.3 Å². The topological polar surface area (TPSA) is 53.6 Å². The van der Waals surface area contributed by atoms with Crippen molar-refractivity contribution < 1.29 is 0 Å². The van der Waals surface area contributed by atoms with Gasteiger partial charge in [0.1, 0.15) is 12.1 Å². The lowest BCUT2D eigenvalue weighted by Gasteiger charge is -2.03. The average molecular weight is 198 g/mol. The van der Waals surface area contributed by atoms with Crippen LogP contribution >= 0.6 is 0 Å². The number of hydrogen-bond donors (Lipinski definition) is 2. The Labute approximate surface area is 86.4 Å². The van der Waals surface area contributed by atoms with Gasteiger partial charge in [0.25, 0.3) is 0 Å². The molecule has 0 radical (unpaired) electrons. The summed E-state index contributed by atoms with van der Waals surface area (Å²) >= 11 is 0. The largest absolute Gasteiger partial charge is 0.373 e. The molecule has 0 saturated carbocycles. The van der Waals surface area contributed by atoms with Crippen LogP contribution < -0.4 is 5.32 Å². The van der Waals surface area contributed by atoms with E-state index in [0.717, 1.165) is 22.2 Å². The fraction of sp³-hybridized carbons (Fsp3) is 0.0909. The summed E-state index contributed by atoms with van der Waals surface area (Å²) in [4.78, 5) is 11.6. The predicted molar refractivity (Wildman–Crippen MR) is 60.9 cm³/mol. The lowest BCUT2D eigenvalue weighted by molar-refractivity contribution is 1.21. The highest BCUT2D eigenvalue weighted by Gasteiger charge is 2.04. The van der Waals surface area contributed by atoms with Crippen LogP contribution in [-0.4, -0.2) is 22.0 Å². The molecule has 4 nitrogen and oxygen atoms in total. The third-order valence-corrected chi connectivity index (χ3v) is 2.55. The summed E-state index contributed by atoms with van der Waals surface area (Å²) in [6.45, 7) is 0. The van der Waals surface area contributed by atoms with Gasteiger partial charge in [0.05, 0.1) is 5.52 Å². The molecule has 0 aliphatic rings. The summed E-state index contributed by atoms with van der Waals surface area (Å²) in [6.07, 6.45) is 3.50. The van der Waals surface area contributed by atoms with Gasteiger partial charge >= 0.3 is 0 Å². The van der Waals surface area contributed by atoms with Gasteiger partial charge in [-0.05, 0) is 18.2 Å². The van der Waals surface area contributed by atoms with Crippen molar-refractivity contribution in [3.63, 3.8) is 0 Å². The zero-order valence-corrected chi connectivity index (χ0v) is 8.28. The van der Waals surface area contributed by atoms with E-state index in [1.807, 2.05) is 25.4 Å². The van der Waals surface area contributed by atoms with Crippen molar-refractivity contribution >= 4 is 27.6 Å². The maximum absolute atomic E-state index is 4.25. The second-order valence-corrected chi connectivity index (χ2v) is 3.41. The first-order chi connectivity index (χ1) is 7.38. The van der Waals surface area contributed by atoms with Crippen molar-refractivity contribution in [2.45, 2.75) is 0 Å². The molecule has 0 spiro atoms. The van der Waals surface area contributed by atoms with Crippen LogP contribution in [0.25, 0.3) is 21.8 Å². The number of aromatic amines is 1. The number of aromatic nitrogens is 3. The van der Waals surface area contributed by atoms with Crippen molar-refractivity contribution in [1.82, 2.24) is 15.0 Å². The average Bonchev–Trinajstić information content (AvgIpc) is 2.72. The summed E-state index contributed by atoms with van der Waals surface area (Å²) in [5, 5.41) is 5.29. The molecule has 3 aromatic rings. The molecule has 2 heterocycles. The van der Waals surface area contributed by atoms with Crippen molar-refractivity contribution in [3.05, 3.63) is 30.7 Å². The fourth-order valence-electron chi connectivity index (χ4n) is 1.80. The lowest BCUT2D eigenvalue weighted by Crippen LogP contribution is -1.94. The number of rotatable bonds is 1. The van der Waals surface area contributed by atoms with E-state index in [-0.39, 0.29) is 0 Å². The first kappa shape index (κ1) is 8.23. The Morgan fingerprint density at radius 1 is 1.27 bits per heavy atom. The number of nitrogens with zero attached hydrogens (tertiary/aromatic N) is 2. The van der Waals surface area contributed by atoms with Crippen LogP contribution in [0.1, 0.15) is 0 Å². The molecule has 0 aliphatic carbocycles. The molecule has 1 aromatic carbocycles. The smallest absolute Gasteiger partial charge is 0.137 e. The zero-order chi connectivity index (χ0) is 10.3. The maximum Gasteiger partial charge on any atom is 0.137 e. The minimum Gasteiger partial charge on any atom is -0.373 e. The highest BCUT2D eigenvalue weighted by Crippen LogP contribution is 2.24. The molecule has 0 aliphatic heterocycles. The molecule has 0 saturated heterocycles. The van der Waals surface area contributed by atoms with Gasteiger partial charge in [-0.15, -0.1) is 0 Å². The van der Waals surface area contributed by atoms with E-state index in [4.69, 9.17) is 0 Å². The number of fused-ring (bicyclic) bond motifs is 2. The molecule has 2 aromatic heterocycles. The molecule has 3 rings (SSSR count). The maximum atomic E-state index is 4.25. The molecule has 0 bridgehead atoms. The number of H-pyrrole nitrogens is 1. The molecule has 0 unspecified atom stereocenters. The van der Waals surface area contributed by atoms with Crippen LogP contribution in [0.2, 0.25) is 0 Å². The van der Waals surface area contributed by atoms with Crippen molar-refractivity contribution in [2.75, 3.05) is 12.4 Å². The van der Waals surface area contributed by atoms with E-state index in [9.17, 15) is 0 Å². The predicted octanol–water partition coefficient (Wildman–Crippen LogP) is 2.15. The number of nitrogens with one attached hydrogen (secondary N) is 2. The van der Waals surface area contributed by atoms with Crippen molar-refractivity contribution in [1.29, 1.82) is 0 Å². The Hall–Kier alpha value is -2.10. The monoisotopic (exact) mass is 198 g/mol. The van der Waals surface area contributed by atoms with Crippen molar-refractivity contribution in [2.24, 2.45) is 0 Å². The van der Waals surface area contributed by atoms with Crippen LogP contribution in [0.4, 0.5) is 5.82 Å². The first-order valence-electron chi connectivity index (χ1n) is 4.78. The summed E-state index contributed by atoms with van der Waals surface area (Å²) < 4.78 is 0. The van der Waals surface area contributed by atoms with E-state index in [2.05, 4.69) is 26.3 Å². The van der Waals surface area contributed by atoms with E-state index < -0.39 is 0 Å². The van der Waals surface area contributed by atoms with Crippen LogP contribution in [0, 0.1) is 0 Å². The minimum atomic E-state index is 0.864. The Morgan fingerprint density at radius 3 is 3.07 bits per heavy atom. The Balaban J connectivity index is 2.48. The van der Waals surface area contributed by atoms with Gasteiger partial charge in [0.2, 0.25) is 0 Å². The highest BCUT2D eigenvalue weighted by atomic mass is 15.0. The van der Waals surface area contributed by atoms with Gasteiger partial charge in [-0.25, -0.2) is 9.97 Å². The standard InChI is InChI=1S/C11H10N4/c1-12-11-8-4-7-2-3-13-9(7)5-10(8)14-6-15-11/h2-6,13H,1H3,(H,12,14,15). The van der Waals surface area contributed by atoms with E-state index >= 15 is 0 Å². The van der Waals surface area contributed by atoms with Gasteiger partial charge in [-0.2, -0.15) is 0 Å². The molecule has 2 N–H and O–H groups in total. The third kappa shape index (κ3) is 1.15. The molecule has 4 heteroatoms. The van der Waals surface area contributed by atoms with Crippen LogP contribution in [0.3, 0.4) is 0 Å². The Morgan fingerprint density at radius 2 is 2.20 bits per heavy atom. The fourth-order valence-corrected chi connectivity index (χ4v) is 1.80. The number of benzene rings is 1. The van der Waals surface area contributed by atoms with Gasteiger partial charge in [0.15, 0.2) is 0 Å². The SMILES string of the molecule is CNc1ncnc2cc3[nH]ccc3cc12. The zero-order valence-electron chi connectivity index (χ0n) is 8.28. The van der Waals surface area contributed by atoms with Gasteiger partial charge in [0, 0.05) is 29.5 Å². The van der Waals surface area contributed by atoms with Crippen LogP contribution in [0.5, 0.6) is 0 Å². The number of anilines is 1. The van der Waals surface area contributed by atoms with E-state index in [0.29, 0.717) is 0 Å². The molecule has 0 atom stereocenters. The minimum absolute atomic E-state index is 0.864. The van der Waals surface area contributed by atoms with E-state index in [1.54, 1.807) is 6.33 Å². The quantitative estimate of drug-likeness (QED) is 0.630. The summed E-state index contributed by atoms with van der Waals surface area (Å²) in [5.74, 6) is 0.864. The molecular weight excluding hydrogens is 188 g/mol. The van der Waals surface area contributed by atoms with Crippen molar-refractivity contribution in [3.8, 4) is 0 Å². The van der Waals surface area contributed by atoms with Crippen LogP contribution in [0.15, 0.2) is 30.7 Å². The molecule has 15 heavy (non-hydrogen) atoms. The highest BCUT2D eigenvalue weighted by molar-refractivity contribution is 5.99. The third-order valence-electron chi connectivity index (χ3n) is 2.55. The molecule has 74 valence electrons.